The highest BCUT2D eigenvalue weighted by atomic mass is 32.1. The van der Waals surface area contributed by atoms with Crippen LogP contribution in [-0.2, 0) is 6.42 Å². The number of phenolic OH excluding ortho intramolecular Hbond substituents is 1. The SMILES string of the molecule is Oc1ccc2c(Cc3ccc(OC4CCCCC4N4CCCC4)c(F)c3)c(-c3ccc(OCCN4CCCC4)cc3)sc2c1. The summed E-state index contributed by atoms with van der Waals surface area (Å²) in [6, 6.07) is 19.7. The van der Waals surface area contributed by atoms with Gasteiger partial charge in [-0.15, -0.1) is 11.3 Å². The lowest BCUT2D eigenvalue weighted by Crippen LogP contribution is -2.46. The molecule has 3 fully saturated rings. The van der Waals surface area contributed by atoms with Crippen LogP contribution in [-0.4, -0.2) is 66.4 Å². The molecule has 0 radical (unpaired) electrons. The van der Waals surface area contributed by atoms with E-state index in [9.17, 15) is 5.11 Å². The number of likely N-dealkylation sites (tertiary alicyclic amines) is 2. The highest BCUT2D eigenvalue weighted by Crippen LogP contribution is 2.42. The molecule has 1 N–H and O–H groups in total. The maximum atomic E-state index is 15.6. The third kappa shape index (κ3) is 6.60. The molecule has 7 heteroatoms. The van der Waals surface area contributed by atoms with Gasteiger partial charge in [0.1, 0.15) is 24.2 Å². The maximum Gasteiger partial charge on any atom is 0.165 e. The van der Waals surface area contributed by atoms with Crippen molar-refractivity contribution in [2.75, 3.05) is 39.3 Å². The molecule has 1 aromatic heterocycles. The van der Waals surface area contributed by atoms with Gasteiger partial charge < -0.3 is 14.6 Å². The van der Waals surface area contributed by atoms with Gasteiger partial charge in [-0.3, -0.25) is 9.80 Å². The largest absolute Gasteiger partial charge is 0.508 e. The van der Waals surface area contributed by atoms with Crippen molar-refractivity contribution in [1.29, 1.82) is 0 Å². The molecule has 4 aromatic rings. The van der Waals surface area contributed by atoms with E-state index in [-0.39, 0.29) is 17.7 Å². The fourth-order valence-corrected chi connectivity index (χ4v) is 8.63. The number of thiophene rings is 1. The average molecular weight is 615 g/mol. The molecular weight excluding hydrogens is 571 g/mol. The number of phenols is 1. The zero-order valence-corrected chi connectivity index (χ0v) is 26.3. The zero-order valence-electron chi connectivity index (χ0n) is 25.5. The van der Waals surface area contributed by atoms with Crippen molar-refractivity contribution in [3.63, 3.8) is 0 Å². The number of nitrogens with zero attached hydrogens (tertiary/aromatic N) is 2. The lowest BCUT2D eigenvalue weighted by molar-refractivity contribution is 0.0460. The van der Waals surface area contributed by atoms with Gasteiger partial charge in [0.15, 0.2) is 11.6 Å². The van der Waals surface area contributed by atoms with E-state index in [1.807, 2.05) is 36.4 Å². The van der Waals surface area contributed by atoms with Gasteiger partial charge in [0.05, 0.1) is 0 Å². The van der Waals surface area contributed by atoms with Crippen LogP contribution in [0.5, 0.6) is 17.2 Å². The van der Waals surface area contributed by atoms with Gasteiger partial charge in [0.2, 0.25) is 0 Å². The Bertz CT molecular complexity index is 1560. The second-order valence-corrected chi connectivity index (χ2v) is 13.8. The number of hydrogen-bond acceptors (Lipinski definition) is 6. The van der Waals surface area contributed by atoms with Crippen LogP contribution in [0.4, 0.5) is 4.39 Å². The molecule has 0 spiro atoms. The van der Waals surface area contributed by atoms with Gasteiger partial charge in [-0.2, -0.15) is 0 Å². The van der Waals surface area contributed by atoms with Crippen LogP contribution in [0.25, 0.3) is 20.5 Å². The van der Waals surface area contributed by atoms with E-state index in [0.29, 0.717) is 24.8 Å². The molecule has 3 heterocycles. The Balaban J connectivity index is 1.09. The molecular formula is C37H43FN2O3S. The molecule has 2 atom stereocenters. The Labute approximate surface area is 264 Å². The van der Waals surface area contributed by atoms with Gasteiger partial charge in [0, 0.05) is 22.2 Å². The number of benzene rings is 3. The van der Waals surface area contributed by atoms with Crippen LogP contribution in [0.3, 0.4) is 0 Å². The van der Waals surface area contributed by atoms with Gasteiger partial charge in [0.25, 0.3) is 0 Å². The van der Waals surface area contributed by atoms with E-state index in [1.54, 1.807) is 23.5 Å². The van der Waals surface area contributed by atoms with E-state index in [0.717, 1.165) is 76.3 Å². The standard InChI is InChI=1S/C37H43FN2O3S/c38-32-24-26(9-16-34(32)43-35-8-2-1-7-33(35)40-19-5-6-20-40)23-31-30-15-12-28(41)25-36(30)44-37(31)27-10-13-29(14-11-27)42-22-21-39-17-3-4-18-39/h9-16,24-25,33,35,41H,1-8,17-23H2. The van der Waals surface area contributed by atoms with Crippen LogP contribution in [0.1, 0.15) is 62.5 Å². The molecule has 1 saturated carbocycles. The molecule has 232 valence electrons. The van der Waals surface area contributed by atoms with Crippen molar-refractivity contribution in [3.05, 3.63) is 77.6 Å². The number of ether oxygens (including phenoxy) is 2. The van der Waals surface area contributed by atoms with Crippen LogP contribution in [0.2, 0.25) is 0 Å². The molecule has 2 aliphatic heterocycles. The molecule has 0 amide bonds. The summed E-state index contributed by atoms with van der Waals surface area (Å²) in [6.07, 6.45) is 10.2. The van der Waals surface area contributed by atoms with Crippen LogP contribution in [0.15, 0.2) is 60.7 Å². The second-order valence-electron chi connectivity index (χ2n) is 12.7. The highest BCUT2D eigenvalue weighted by molar-refractivity contribution is 7.22. The Morgan fingerprint density at radius 3 is 2.41 bits per heavy atom. The molecule has 2 unspecified atom stereocenters. The van der Waals surface area contributed by atoms with E-state index >= 15 is 4.39 Å². The third-order valence-electron chi connectivity index (χ3n) is 9.70. The average Bonchev–Trinajstić information content (AvgIpc) is 3.82. The molecule has 5 nitrogen and oxygen atoms in total. The van der Waals surface area contributed by atoms with Gasteiger partial charge >= 0.3 is 0 Å². The first-order chi connectivity index (χ1) is 21.6. The fourth-order valence-electron chi connectivity index (χ4n) is 7.37. The summed E-state index contributed by atoms with van der Waals surface area (Å²) in [4.78, 5) is 6.14. The predicted octanol–water partition coefficient (Wildman–Crippen LogP) is 8.26. The summed E-state index contributed by atoms with van der Waals surface area (Å²) in [5.74, 6) is 1.20. The molecule has 7 rings (SSSR count). The Kier molecular flexibility index (Phi) is 9.05. The summed E-state index contributed by atoms with van der Waals surface area (Å²) in [7, 11) is 0. The number of fused-ring (bicyclic) bond motifs is 1. The number of hydrogen-bond donors (Lipinski definition) is 1. The minimum absolute atomic E-state index is 0.0504. The van der Waals surface area contributed by atoms with Crippen molar-refractivity contribution in [2.24, 2.45) is 0 Å². The Morgan fingerprint density at radius 1 is 0.841 bits per heavy atom. The quantitative estimate of drug-likeness (QED) is 0.195. The number of halogens is 1. The van der Waals surface area contributed by atoms with Crippen molar-refractivity contribution >= 4 is 21.4 Å². The van der Waals surface area contributed by atoms with Crippen molar-refractivity contribution in [1.82, 2.24) is 9.80 Å². The monoisotopic (exact) mass is 614 g/mol. The summed E-state index contributed by atoms with van der Waals surface area (Å²) in [5.41, 5.74) is 3.14. The lowest BCUT2D eigenvalue weighted by atomic mass is 9.91. The highest BCUT2D eigenvalue weighted by Gasteiger charge is 2.33. The molecule has 3 aromatic carbocycles. The van der Waals surface area contributed by atoms with E-state index in [4.69, 9.17) is 9.47 Å². The topological polar surface area (TPSA) is 45.2 Å². The van der Waals surface area contributed by atoms with Crippen LogP contribution < -0.4 is 9.47 Å². The minimum atomic E-state index is -0.289. The van der Waals surface area contributed by atoms with Crippen LogP contribution >= 0.6 is 11.3 Å². The van der Waals surface area contributed by atoms with E-state index in [1.165, 1.54) is 45.2 Å². The molecule has 0 bridgehead atoms. The predicted molar refractivity (Wildman–Crippen MR) is 177 cm³/mol. The van der Waals surface area contributed by atoms with E-state index < -0.39 is 0 Å². The molecule has 1 aliphatic carbocycles. The Hall–Kier alpha value is -3.13. The maximum absolute atomic E-state index is 15.6. The number of rotatable bonds is 10. The van der Waals surface area contributed by atoms with Crippen LogP contribution in [0, 0.1) is 5.82 Å². The smallest absolute Gasteiger partial charge is 0.165 e. The summed E-state index contributed by atoms with van der Waals surface area (Å²) in [5, 5.41) is 11.3. The number of aromatic hydroxyl groups is 1. The first-order valence-electron chi connectivity index (χ1n) is 16.5. The third-order valence-corrected chi connectivity index (χ3v) is 10.9. The Morgan fingerprint density at radius 2 is 1.61 bits per heavy atom. The molecule has 2 saturated heterocycles. The minimum Gasteiger partial charge on any atom is -0.508 e. The summed E-state index contributed by atoms with van der Waals surface area (Å²) < 4.78 is 29.0. The molecule has 3 aliphatic rings. The molecule has 44 heavy (non-hydrogen) atoms. The normalized spacial score (nSPS) is 21.3. The van der Waals surface area contributed by atoms with E-state index in [2.05, 4.69) is 21.9 Å². The fraction of sp³-hybridized carbons (Fsp3) is 0.459. The van der Waals surface area contributed by atoms with Gasteiger partial charge in [-0.25, -0.2) is 4.39 Å². The van der Waals surface area contributed by atoms with Gasteiger partial charge in [-0.1, -0.05) is 12.5 Å². The lowest BCUT2D eigenvalue weighted by Gasteiger charge is -2.37. The zero-order chi connectivity index (χ0) is 29.9. The first kappa shape index (κ1) is 29.6. The second kappa shape index (κ2) is 13.5. The summed E-state index contributed by atoms with van der Waals surface area (Å²) >= 11 is 1.66. The van der Waals surface area contributed by atoms with Gasteiger partial charge in [-0.05, 0) is 154 Å². The van der Waals surface area contributed by atoms with Crippen molar-refractivity contribution < 1.29 is 19.0 Å². The van der Waals surface area contributed by atoms with Crippen molar-refractivity contribution in [3.8, 4) is 27.7 Å². The first-order valence-corrected chi connectivity index (χ1v) is 17.3. The summed E-state index contributed by atoms with van der Waals surface area (Å²) in [6.45, 7) is 6.27. The van der Waals surface area contributed by atoms with Crippen molar-refractivity contribution in [2.45, 2.75) is 69.9 Å².